The maximum Gasteiger partial charge on any atom is 0.0590 e. The van der Waals surface area contributed by atoms with Crippen LogP contribution in [-0.2, 0) is 11.3 Å². The molecule has 0 spiro atoms. The summed E-state index contributed by atoms with van der Waals surface area (Å²) in [5.41, 5.74) is 6.60. The standard InChI is InChI=1S/C9H16N2OS/c1-2-12-5-4-11-7-9-8(10)3-6-13-9/h3,6,11H,2,4-5,7,10H2,1H3. The van der Waals surface area contributed by atoms with E-state index in [1.807, 2.05) is 18.4 Å². The molecule has 74 valence electrons. The maximum atomic E-state index is 5.72. The number of anilines is 1. The second-order valence-corrected chi connectivity index (χ2v) is 3.67. The highest BCUT2D eigenvalue weighted by Gasteiger charge is 1.98. The molecule has 4 heteroatoms. The second-order valence-electron chi connectivity index (χ2n) is 2.67. The van der Waals surface area contributed by atoms with Gasteiger partial charge in [-0.15, -0.1) is 11.3 Å². The lowest BCUT2D eigenvalue weighted by Gasteiger charge is -2.03. The monoisotopic (exact) mass is 200 g/mol. The zero-order valence-electron chi connectivity index (χ0n) is 7.88. The van der Waals surface area contributed by atoms with Crippen molar-refractivity contribution in [2.45, 2.75) is 13.5 Å². The van der Waals surface area contributed by atoms with Crippen LogP contribution in [0.3, 0.4) is 0 Å². The van der Waals surface area contributed by atoms with Gasteiger partial charge in [-0.3, -0.25) is 0 Å². The van der Waals surface area contributed by atoms with Crippen LogP contribution in [0.2, 0.25) is 0 Å². The molecular formula is C9H16N2OS. The van der Waals surface area contributed by atoms with Crippen LogP contribution in [0.1, 0.15) is 11.8 Å². The number of ether oxygens (including phenoxy) is 1. The van der Waals surface area contributed by atoms with Crippen molar-refractivity contribution >= 4 is 17.0 Å². The lowest BCUT2D eigenvalue weighted by molar-refractivity contribution is 0.149. The quantitative estimate of drug-likeness (QED) is 0.683. The maximum absolute atomic E-state index is 5.72. The van der Waals surface area contributed by atoms with Crippen LogP contribution in [0.25, 0.3) is 0 Å². The first kappa shape index (κ1) is 10.5. The SMILES string of the molecule is CCOCCNCc1sccc1N. The van der Waals surface area contributed by atoms with Crippen LogP contribution < -0.4 is 11.1 Å². The highest BCUT2D eigenvalue weighted by molar-refractivity contribution is 7.10. The van der Waals surface area contributed by atoms with Gasteiger partial charge in [-0.05, 0) is 18.4 Å². The molecule has 0 atom stereocenters. The molecular weight excluding hydrogens is 184 g/mol. The van der Waals surface area contributed by atoms with E-state index < -0.39 is 0 Å². The Morgan fingerprint density at radius 3 is 3.08 bits per heavy atom. The first-order valence-electron chi connectivity index (χ1n) is 4.45. The number of nitrogens with two attached hydrogens (primary N) is 1. The molecule has 0 fully saturated rings. The van der Waals surface area contributed by atoms with E-state index in [-0.39, 0.29) is 0 Å². The van der Waals surface area contributed by atoms with Crippen molar-refractivity contribution in [2.75, 3.05) is 25.5 Å². The lowest BCUT2D eigenvalue weighted by atomic mass is 10.4. The molecule has 3 N–H and O–H groups in total. The van der Waals surface area contributed by atoms with E-state index in [2.05, 4.69) is 5.32 Å². The topological polar surface area (TPSA) is 47.3 Å². The Balaban J connectivity index is 2.10. The fourth-order valence-corrected chi connectivity index (χ4v) is 1.75. The highest BCUT2D eigenvalue weighted by Crippen LogP contribution is 2.17. The summed E-state index contributed by atoms with van der Waals surface area (Å²) in [6, 6.07) is 1.93. The van der Waals surface area contributed by atoms with Crippen LogP contribution in [0, 0.1) is 0 Å². The van der Waals surface area contributed by atoms with Gasteiger partial charge < -0.3 is 15.8 Å². The molecule has 13 heavy (non-hydrogen) atoms. The largest absolute Gasteiger partial charge is 0.398 e. The summed E-state index contributed by atoms with van der Waals surface area (Å²) in [7, 11) is 0. The van der Waals surface area contributed by atoms with Gasteiger partial charge in [0.25, 0.3) is 0 Å². The third kappa shape index (κ3) is 3.76. The van der Waals surface area contributed by atoms with Crippen molar-refractivity contribution in [3.05, 3.63) is 16.3 Å². The summed E-state index contributed by atoms with van der Waals surface area (Å²) >= 11 is 1.69. The van der Waals surface area contributed by atoms with Crippen molar-refractivity contribution in [1.82, 2.24) is 5.32 Å². The molecule has 1 rings (SSSR count). The minimum absolute atomic E-state index is 0.766. The Morgan fingerprint density at radius 1 is 1.62 bits per heavy atom. The van der Waals surface area contributed by atoms with Gasteiger partial charge in [0.2, 0.25) is 0 Å². The molecule has 1 heterocycles. The van der Waals surface area contributed by atoms with E-state index in [1.165, 1.54) is 4.88 Å². The molecule has 0 amide bonds. The molecule has 1 aromatic heterocycles. The zero-order valence-corrected chi connectivity index (χ0v) is 8.69. The van der Waals surface area contributed by atoms with Crippen molar-refractivity contribution in [2.24, 2.45) is 0 Å². The first-order valence-corrected chi connectivity index (χ1v) is 5.33. The molecule has 0 radical (unpaired) electrons. The first-order chi connectivity index (χ1) is 6.34. The van der Waals surface area contributed by atoms with E-state index in [1.54, 1.807) is 11.3 Å². The highest BCUT2D eigenvalue weighted by atomic mass is 32.1. The Labute approximate surface area is 82.9 Å². The summed E-state index contributed by atoms with van der Waals surface area (Å²) < 4.78 is 5.19. The van der Waals surface area contributed by atoms with Gasteiger partial charge in [-0.2, -0.15) is 0 Å². The predicted molar refractivity (Wildman–Crippen MR) is 56.9 cm³/mol. The van der Waals surface area contributed by atoms with Crippen LogP contribution in [0.4, 0.5) is 5.69 Å². The molecule has 0 aliphatic heterocycles. The van der Waals surface area contributed by atoms with E-state index in [0.717, 1.165) is 32.0 Å². The Morgan fingerprint density at radius 2 is 2.46 bits per heavy atom. The molecule has 3 nitrogen and oxygen atoms in total. The molecule has 0 bridgehead atoms. The smallest absolute Gasteiger partial charge is 0.0590 e. The number of nitrogens with one attached hydrogen (secondary N) is 1. The van der Waals surface area contributed by atoms with Crippen LogP contribution >= 0.6 is 11.3 Å². The normalized spacial score (nSPS) is 10.5. The van der Waals surface area contributed by atoms with Gasteiger partial charge in [-0.25, -0.2) is 0 Å². The van der Waals surface area contributed by atoms with Crippen molar-refractivity contribution < 1.29 is 4.74 Å². The number of thiophene rings is 1. The predicted octanol–water partition coefficient (Wildman–Crippen LogP) is 1.46. The summed E-state index contributed by atoms with van der Waals surface area (Å²) in [5.74, 6) is 0. The van der Waals surface area contributed by atoms with Crippen LogP contribution in [-0.4, -0.2) is 19.8 Å². The summed E-state index contributed by atoms with van der Waals surface area (Å²) in [5, 5.41) is 5.28. The molecule has 0 saturated carbocycles. The Hall–Kier alpha value is -0.580. The summed E-state index contributed by atoms with van der Waals surface area (Å²) in [4.78, 5) is 1.21. The number of hydrogen-bond donors (Lipinski definition) is 2. The average molecular weight is 200 g/mol. The van der Waals surface area contributed by atoms with Crippen molar-refractivity contribution in [1.29, 1.82) is 0 Å². The second kappa shape index (κ2) is 5.96. The molecule has 0 aliphatic rings. The Kier molecular flexibility index (Phi) is 4.82. The summed E-state index contributed by atoms with van der Waals surface area (Å²) in [6.07, 6.45) is 0. The van der Waals surface area contributed by atoms with Gasteiger partial charge >= 0.3 is 0 Å². The minimum Gasteiger partial charge on any atom is -0.398 e. The number of hydrogen-bond acceptors (Lipinski definition) is 4. The van der Waals surface area contributed by atoms with Gasteiger partial charge in [0.05, 0.1) is 6.61 Å². The number of nitrogen functional groups attached to an aromatic ring is 1. The number of rotatable bonds is 6. The lowest BCUT2D eigenvalue weighted by Crippen LogP contribution is -2.19. The van der Waals surface area contributed by atoms with Crippen molar-refractivity contribution in [3.8, 4) is 0 Å². The van der Waals surface area contributed by atoms with E-state index >= 15 is 0 Å². The van der Waals surface area contributed by atoms with E-state index in [9.17, 15) is 0 Å². The third-order valence-electron chi connectivity index (χ3n) is 1.69. The third-order valence-corrected chi connectivity index (χ3v) is 2.63. The molecule has 0 saturated heterocycles. The van der Waals surface area contributed by atoms with Crippen molar-refractivity contribution in [3.63, 3.8) is 0 Å². The summed E-state index contributed by atoms with van der Waals surface area (Å²) in [6.45, 7) is 5.27. The van der Waals surface area contributed by atoms with Gasteiger partial charge in [0.1, 0.15) is 0 Å². The fraction of sp³-hybridized carbons (Fsp3) is 0.556. The van der Waals surface area contributed by atoms with Crippen LogP contribution in [0.5, 0.6) is 0 Å². The Bertz CT molecular complexity index is 237. The average Bonchev–Trinajstić information content (AvgIpc) is 2.52. The fourth-order valence-electron chi connectivity index (χ4n) is 0.985. The van der Waals surface area contributed by atoms with Crippen LogP contribution in [0.15, 0.2) is 11.4 Å². The zero-order chi connectivity index (χ0) is 9.52. The van der Waals surface area contributed by atoms with E-state index in [0.29, 0.717) is 0 Å². The molecule has 0 aromatic carbocycles. The van der Waals surface area contributed by atoms with Gasteiger partial charge in [0, 0.05) is 30.3 Å². The molecule has 0 unspecified atom stereocenters. The molecule has 1 aromatic rings. The molecule has 0 aliphatic carbocycles. The van der Waals surface area contributed by atoms with Gasteiger partial charge in [0.15, 0.2) is 0 Å². The minimum atomic E-state index is 0.766. The van der Waals surface area contributed by atoms with Gasteiger partial charge in [-0.1, -0.05) is 0 Å². The van der Waals surface area contributed by atoms with E-state index in [4.69, 9.17) is 10.5 Å².